The predicted octanol–water partition coefficient (Wildman–Crippen LogP) is 3.14. The summed E-state index contributed by atoms with van der Waals surface area (Å²) in [6.45, 7) is 1.58. The minimum Gasteiger partial charge on any atom is -0.398 e. The molecular weight excluding hydrogens is 302 g/mol. The van der Waals surface area contributed by atoms with Crippen molar-refractivity contribution in [2.75, 3.05) is 18.4 Å². The Balaban J connectivity index is 2.77. The molecule has 0 fully saturated rings. The number of anilines is 1. The second-order valence-electron chi connectivity index (χ2n) is 3.68. The van der Waals surface area contributed by atoms with Gasteiger partial charge in [-0.25, -0.2) is 0 Å². The molecule has 0 saturated carbocycles. The lowest BCUT2D eigenvalue weighted by atomic mass is 10.1. The maximum atomic E-state index is 5.97. The molecule has 17 heavy (non-hydrogen) atoms. The monoisotopic (exact) mass is 317 g/mol. The van der Waals surface area contributed by atoms with E-state index in [1.165, 1.54) is 0 Å². The molecule has 3 nitrogen and oxygen atoms in total. The van der Waals surface area contributed by atoms with Gasteiger partial charge in [-0.1, -0.05) is 27.5 Å². The number of nitrogens with one attached hydrogen (secondary N) is 1. The van der Waals surface area contributed by atoms with Crippen LogP contribution < -0.4 is 16.8 Å². The number of rotatable bonds is 6. The Morgan fingerprint density at radius 1 is 1.41 bits per heavy atom. The molecule has 0 unspecified atom stereocenters. The molecule has 0 amide bonds. The van der Waals surface area contributed by atoms with E-state index < -0.39 is 0 Å². The highest BCUT2D eigenvalue weighted by Crippen LogP contribution is 2.25. The molecule has 0 bridgehead atoms. The quantitative estimate of drug-likeness (QED) is 0.706. The fraction of sp³-hybridized carbons (Fsp3) is 0.333. The highest BCUT2D eigenvalue weighted by molar-refractivity contribution is 9.11. The number of unbranched alkanes of at least 4 members (excludes halogenated alkanes) is 1. The average molecular weight is 319 g/mol. The predicted molar refractivity (Wildman–Crippen MR) is 79.3 cm³/mol. The fourth-order valence-electron chi connectivity index (χ4n) is 1.47. The lowest BCUT2D eigenvalue weighted by Gasteiger charge is -2.12. The average Bonchev–Trinajstić information content (AvgIpc) is 2.34. The van der Waals surface area contributed by atoms with Crippen molar-refractivity contribution in [3.05, 3.63) is 33.8 Å². The third kappa shape index (κ3) is 4.58. The molecule has 0 atom stereocenters. The summed E-state index contributed by atoms with van der Waals surface area (Å²) in [5.74, 6) is 0. The first-order chi connectivity index (χ1) is 8.19. The van der Waals surface area contributed by atoms with Crippen LogP contribution in [0.3, 0.4) is 0 Å². The van der Waals surface area contributed by atoms with E-state index in [-0.39, 0.29) is 0 Å². The largest absolute Gasteiger partial charge is 0.398 e. The minimum absolute atomic E-state index is 0.669. The summed E-state index contributed by atoms with van der Waals surface area (Å²) < 4.78 is 0. The van der Waals surface area contributed by atoms with Crippen molar-refractivity contribution in [3.63, 3.8) is 0 Å². The first kappa shape index (κ1) is 14.4. The van der Waals surface area contributed by atoms with Gasteiger partial charge in [-0.05, 0) is 37.6 Å². The number of hydrogen-bond acceptors (Lipinski definition) is 3. The summed E-state index contributed by atoms with van der Waals surface area (Å²) in [4.78, 5) is 1.70. The van der Waals surface area contributed by atoms with E-state index in [1.807, 2.05) is 18.2 Å². The van der Waals surface area contributed by atoms with Gasteiger partial charge >= 0.3 is 0 Å². The van der Waals surface area contributed by atoms with Gasteiger partial charge in [0, 0.05) is 33.5 Å². The lowest BCUT2D eigenvalue weighted by Crippen LogP contribution is -2.08. The van der Waals surface area contributed by atoms with Gasteiger partial charge in [0.15, 0.2) is 0 Å². The number of benzene rings is 1. The fourth-order valence-corrected chi connectivity index (χ4v) is 1.88. The Morgan fingerprint density at radius 2 is 2.18 bits per heavy atom. The third-order valence-corrected chi connectivity index (χ3v) is 3.08. The van der Waals surface area contributed by atoms with Crippen LogP contribution >= 0.6 is 27.5 Å². The van der Waals surface area contributed by atoms with Crippen LogP contribution in [0.1, 0.15) is 18.4 Å². The molecule has 5 N–H and O–H groups in total. The van der Waals surface area contributed by atoms with E-state index in [0.29, 0.717) is 17.3 Å². The van der Waals surface area contributed by atoms with Gasteiger partial charge in [0.1, 0.15) is 0 Å². The smallest absolute Gasteiger partial charge is 0.0478 e. The van der Waals surface area contributed by atoms with Gasteiger partial charge in [-0.3, -0.25) is 0 Å². The van der Waals surface area contributed by atoms with E-state index >= 15 is 0 Å². The molecule has 1 aromatic carbocycles. The Labute approximate surface area is 115 Å². The third-order valence-electron chi connectivity index (χ3n) is 2.36. The van der Waals surface area contributed by atoms with E-state index in [4.69, 9.17) is 23.1 Å². The zero-order valence-corrected chi connectivity index (χ0v) is 11.9. The zero-order chi connectivity index (χ0) is 12.7. The van der Waals surface area contributed by atoms with Crippen LogP contribution in [0.15, 0.2) is 23.2 Å². The van der Waals surface area contributed by atoms with E-state index in [2.05, 4.69) is 21.2 Å². The van der Waals surface area contributed by atoms with Crippen LogP contribution in [0.2, 0.25) is 5.02 Å². The Morgan fingerprint density at radius 3 is 2.82 bits per heavy atom. The van der Waals surface area contributed by atoms with Crippen LogP contribution in [0.25, 0.3) is 5.70 Å². The minimum atomic E-state index is 0.669. The van der Waals surface area contributed by atoms with Crippen LogP contribution in [-0.4, -0.2) is 13.1 Å². The summed E-state index contributed by atoms with van der Waals surface area (Å²) in [5.41, 5.74) is 13.9. The second kappa shape index (κ2) is 7.58. The molecule has 0 heterocycles. The molecule has 1 aromatic rings. The highest BCUT2D eigenvalue weighted by Gasteiger charge is 2.05. The number of nitrogens with two attached hydrogens (primary N) is 2. The standard InChI is InChI=1S/C12H17BrClN3/c13-8-11(16)10-4-3-9(14)7-12(10)17-6-2-1-5-15/h3-4,7-8,17H,1-2,5-6,15-16H2/b11-8+. The van der Waals surface area contributed by atoms with E-state index in [0.717, 1.165) is 30.6 Å². The van der Waals surface area contributed by atoms with E-state index in [9.17, 15) is 0 Å². The van der Waals surface area contributed by atoms with Gasteiger partial charge in [0.25, 0.3) is 0 Å². The molecule has 5 heteroatoms. The molecule has 94 valence electrons. The molecule has 0 aliphatic heterocycles. The Kier molecular flexibility index (Phi) is 6.40. The second-order valence-corrected chi connectivity index (χ2v) is 4.57. The number of halogens is 2. The molecule has 0 radical (unpaired) electrons. The summed E-state index contributed by atoms with van der Waals surface area (Å²) in [7, 11) is 0. The molecule has 0 aromatic heterocycles. The van der Waals surface area contributed by atoms with Gasteiger partial charge in [0.2, 0.25) is 0 Å². The van der Waals surface area contributed by atoms with Crippen molar-refractivity contribution < 1.29 is 0 Å². The molecule has 0 saturated heterocycles. The van der Waals surface area contributed by atoms with Crippen LogP contribution in [0, 0.1) is 0 Å². The SMILES string of the molecule is NCCCCNc1cc(Cl)ccc1/C(N)=C\Br. The Bertz CT molecular complexity index is 393. The Hall–Kier alpha value is -0.710. The van der Waals surface area contributed by atoms with Crippen molar-refractivity contribution in [2.24, 2.45) is 11.5 Å². The molecule has 1 rings (SSSR count). The van der Waals surface area contributed by atoms with Crippen molar-refractivity contribution in [2.45, 2.75) is 12.8 Å². The normalized spacial score (nSPS) is 11.6. The van der Waals surface area contributed by atoms with Crippen molar-refractivity contribution >= 4 is 38.9 Å². The summed E-state index contributed by atoms with van der Waals surface area (Å²) in [5, 5.41) is 4.01. The van der Waals surface area contributed by atoms with E-state index in [1.54, 1.807) is 4.99 Å². The topological polar surface area (TPSA) is 64.1 Å². The summed E-state index contributed by atoms with van der Waals surface area (Å²) >= 11 is 9.21. The zero-order valence-electron chi connectivity index (χ0n) is 9.55. The maximum absolute atomic E-state index is 5.97. The first-order valence-electron chi connectivity index (χ1n) is 5.48. The maximum Gasteiger partial charge on any atom is 0.0478 e. The first-order valence-corrected chi connectivity index (χ1v) is 6.78. The molecule has 0 aliphatic carbocycles. The van der Waals surface area contributed by atoms with Gasteiger partial charge in [0.05, 0.1) is 0 Å². The van der Waals surface area contributed by atoms with Gasteiger partial charge in [-0.2, -0.15) is 0 Å². The molecular formula is C12H17BrClN3. The van der Waals surface area contributed by atoms with Crippen molar-refractivity contribution in [1.82, 2.24) is 0 Å². The van der Waals surface area contributed by atoms with Crippen LogP contribution in [0.4, 0.5) is 5.69 Å². The van der Waals surface area contributed by atoms with Crippen molar-refractivity contribution in [3.8, 4) is 0 Å². The van der Waals surface area contributed by atoms with Crippen molar-refractivity contribution in [1.29, 1.82) is 0 Å². The van der Waals surface area contributed by atoms with Gasteiger partial charge < -0.3 is 16.8 Å². The lowest BCUT2D eigenvalue weighted by molar-refractivity contribution is 0.774. The molecule has 0 aliphatic rings. The summed E-state index contributed by atoms with van der Waals surface area (Å²) in [6, 6.07) is 5.61. The highest BCUT2D eigenvalue weighted by atomic mass is 79.9. The van der Waals surface area contributed by atoms with Crippen LogP contribution in [0.5, 0.6) is 0 Å². The summed E-state index contributed by atoms with van der Waals surface area (Å²) in [6.07, 6.45) is 2.03. The number of hydrogen-bond donors (Lipinski definition) is 3. The van der Waals surface area contributed by atoms with Crippen LogP contribution in [-0.2, 0) is 0 Å². The molecule has 0 spiro atoms. The van der Waals surface area contributed by atoms with Gasteiger partial charge in [-0.15, -0.1) is 0 Å².